The van der Waals surface area contributed by atoms with Crippen LogP contribution in [-0.2, 0) is 31.4 Å². The topological polar surface area (TPSA) is 79.3 Å². The Labute approximate surface area is 195 Å². The van der Waals surface area contributed by atoms with E-state index in [9.17, 15) is 9.59 Å². The highest BCUT2D eigenvalue weighted by atomic mass is 16.2. The second-order valence-electron chi connectivity index (χ2n) is 9.75. The second kappa shape index (κ2) is 9.14. The van der Waals surface area contributed by atoms with Crippen LogP contribution in [0.2, 0.25) is 0 Å². The first-order chi connectivity index (χ1) is 16.0. The monoisotopic (exact) mass is 447 g/mol. The number of carbonyl (C=O) groups excluding carboxylic acids is 2. The molecule has 2 aliphatic heterocycles. The van der Waals surface area contributed by atoms with Crippen LogP contribution in [0, 0.1) is 5.92 Å². The number of fused-ring (bicyclic) bond motifs is 1. The number of carbonyl (C=O) groups is 2. The molecule has 1 aromatic heterocycles. The summed E-state index contributed by atoms with van der Waals surface area (Å²) in [5, 5.41) is 10.9. The highest BCUT2D eigenvalue weighted by Gasteiger charge is 2.38. The van der Waals surface area contributed by atoms with E-state index in [2.05, 4.69) is 40.5 Å². The van der Waals surface area contributed by atoms with Gasteiger partial charge in [-0.3, -0.25) is 14.3 Å². The zero-order valence-corrected chi connectivity index (χ0v) is 19.3. The number of nitrogens with zero attached hydrogens (tertiary/aromatic N) is 3. The van der Waals surface area contributed by atoms with Gasteiger partial charge in [0.05, 0.1) is 5.69 Å². The first-order valence-electron chi connectivity index (χ1n) is 12.1. The van der Waals surface area contributed by atoms with Crippen LogP contribution >= 0.6 is 0 Å². The number of piperidine rings is 1. The number of allylic oxidation sites excluding steroid dienone is 1. The molecule has 2 amide bonds. The molecule has 33 heavy (non-hydrogen) atoms. The van der Waals surface area contributed by atoms with Gasteiger partial charge in [-0.25, -0.2) is 0 Å². The maximum Gasteiger partial charge on any atom is 0.255 e. The predicted octanol–water partition coefficient (Wildman–Crippen LogP) is 3.06. The first kappa shape index (κ1) is 21.9. The van der Waals surface area contributed by atoms with Crippen LogP contribution in [-0.4, -0.2) is 38.6 Å². The lowest BCUT2D eigenvalue weighted by Crippen LogP contribution is -2.49. The fourth-order valence-corrected chi connectivity index (χ4v) is 5.67. The van der Waals surface area contributed by atoms with Crippen LogP contribution in [0.25, 0.3) is 0 Å². The Bertz CT molecular complexity index is 1070. The van der Waals surface area contributed by atoms with Gasteiger partial charge in [-0.05, 0) is 61.3 Å². The van der Waals surface area contributed by atoms with Gasteiger partial charge < -0.3 is 15.5 Å². The molecule has 5 rings (SSSR count). The lowest BCUT2D eigenvalue weighted by molar-refractivity contribution is -0.126. The number of aryl methyl sites for hydroxylation is 1. The van der Waals surface area contributed by atoms with Gasteiger partial charge in [-0.2, -0.15) is 5.10 Å². The summed E-state index contributed by atoms with van der Waals surface area (Å²) in [6.45, 7) is 5.19. The molecule has 7 heteroatoms. The van der Waals surface area contributed by atoms with Gasteiger partial charge in [0, 0.05) is 43.6 Å². The van der Waals surface area contributed by atoms with Crippen LogP contribution < -0.4 is 10.6 Å². The molecule has 3 aliphatic rings. The fraction of sp³-hybridized carbons (Fsp3) is 0.500. The molecule has 2 N–H and O–H groups in total. The van der Waals surface area contributed by atoms with E-state index in [0.717, 1.165) is 36.2 Å². The molecule has 1 aromatic carbocycles. The third-order valence-electron chi connectivity index (χ3n) is 7.57. The summed E-state index contributed by atoms with van der Waals surface area (Å²) in [5.41, 5.74) is 5.01. The van der Waals surface area contributed by atoms with Gasteiger partial charge in [0.2, 0.25) is 5.91 Å². The van der Waals surface area contributed by atoms with E-state index in [4.69, 9.17) is 0 Å². The van der Waals surface area contributed by atoms with E-state index in [1.165, 1.54) is 36.9 Å². The van der Waals surface area contributed by atoms with Crippen molar-refractivity contribution in [1.82, 2.24) is 25.3 Å². The minimum Gasteiger partial charge on any atom is -0.329 e. The lowest BCUT2D eigenvalue weighted by atomic mass is 9.80. The Hall–Kier alpha value is -2.93. The molecule has 2 aromatic rings. The summed E-state index contributed by atoms with van der Waals surface area (Å²) in [4.78, 5) is 27.2. The van der Waals surface area contributed by atoms with Crippen molar-refractivity contribution in [3.63, 3.8) is 0 Å². The Morgan fingerprint density at radius 3 is 2.82 bits per heavy atom. The van der Waals surface area contributed by atoms with Crippen molar-refractivity contribution in [2.24, 2.45) is 13.0 Å². The number of hydrogen-bond acceptors (Lipinski definition) is 4. The summed E-state index contributed by atoms with van der Waals surface area (Å²) in [6.07, 6.45) is 9.17. The molecular formula is C26H33N5O2. The van der Waals surface area contributed by atoms with Gasteiger partial charge in [-0.15, -0.1) is 0 Å². The van der Waals surface area contributed by atoms with Crippen LogP contribution in [0.3, 0.4) is 0 Å². The minimum atomic E-state index is -0.405. The van der Waals surface area contributed by atoms with Gasteiger partial charge in [-0.1, -0.05) is 31.6 Å². The molecule has 174 valence electrons. The number of aromatic nitrogens is 2. The van der Waals surface area contributed by atoms with E-state index in [0.29, 0.717) is 24.9 Å². The first-order valence-corrected chi connectivity index (χ1v) is 12.1. The van der Waals surface area contributed by atoms with Crippen LogP contribution in [0.4, 0.5) is 0 Å². The Morgan fingerprint density at radius 2 is 2.03 bits per heavy atom. The largest absolute Gasteiger partial charge is 0.329 e. The number of hydrogen-bond donors (Lipinski definition) is 2. The molecule has 1 saturated carbocycles. The number of nitrogens with one attached hydrogen (secondary N) is 2. The third-order valence-corrected chi connectivity index (χ3v) is 7.57. The molecule has 1 unspecified atom stereocenters. The molecule has 3 heterocycles. The number of benzene rings is 1. The fourth-order valence-electron chi connectivity index (χ4n) is 5.67. The van der Waals surface area contributed by atoms with E-state index in [1.807, 2.05) is 24.0 Å². The molecule has 1 saturated heterocycles. The zero-order valence-electron chi connectivity index (χ0n) is 19.3. The average Bonchev–Trinajstić information content (AvgIpc) is 3.35. The number of rotatable bonds is 6. The quantitative estimate of drug-likeness (QED) is 0.713. The van der Waals surface area contributed by atoms with Gasteiger partial charge >= 0.3 is 0 Å². The molecule has 2 fully saturated rings. The maximum absolute atomic E-state index is 13.0. The summed E-state index contributed by atoms with van der Waals surface area (Å²) >= 11 is 0. The summed E-state index contributed by atoms with van der Waals surface area (Å²) < 4.78 is 1.93. The molecule has 3 atom stereocenters. The third kappa shape index (κ3) is 4.47. The van der Waals surface area contributed by atoms with Crippen LogP contribution in [0.15, 0.2) is 42.7 Å². The van der Waals surface area contributed by atoms with Crippen LogP contribution in [0.1, 0.15) is 65.7 Å². The zero-order chi connectivity index (χ0) is 22.9. The molecule has 7 nitrogen and oxygen atoms in total. The number of amides is 2. The van der Waals surface area contributed by atoms with E-state index >= 15 is 0 Å². The minimum absolute atomic E-state index is 0.0300. The molecule has 0 bridgehead atoms. The Balaban J connectivity index is 1.26. The smallest absolute Gasteiger partial charge is 0.255 e. The van der Waals surface area contributed by atoms with Gasteiger partial charge in [0.1, 0.15) is 6.04 Å². The average molecular weight is 448 g/mol. The van der Waals surface area contributed by atoms with Crippen molar-refractivity contribution in [2.75, 3.05) is 0 Å². The van der Waals surface area contributed by atoms with Crippen molar-refractivity contribution in [3.05, 3.63) is 65.1 Å². The maximum atomic E-state index is 13.0. The Morgan fingerprint density at radius 1 is 1.18 bits per heavy atom. The van der Waals surface area contributed by atoms with E-state index < -0.39 is 6.04 Å². The predicted molar refractivity (Wildman–Crippen MR) is 126 cm³/mol. The second-order valence-corrected chi connectivity index (χ2v) is 9.75. The highest BCUT2D eigenvalue weighted by molar-refractivity contribution is 6.01. The van der Waals surface area contributed by atoms with Crippen LogP contribution in [0.5, 0.6) is 0 Å². The highest BCUT2D eigenvalue weighted by Crippen LogP contribution is 2.32. The normalized spacial score (nSPS) is 25.3. The molecular weight excluding hydrogens is 414 g/mol. The standard InChI is InChI=1S/C26H33N5O2/c1-17-7-10-24(25(32)29-17)31-16-20-14-18(8-9-22(20)26(31)33)13-19-5-3-4-6-23(19)27-15-21-11-12-28-30(21)2/h8-9,11-12,14,19,23-24,27H,1,3-7,10,13,15-16H2,2H3,(H,29,32)/t19-,23+,24?/m1/s1. The summed E-state index contributed by atoms with van der Waals surface area (Å²) in [5.74, 6) is 0.433. The van der Waals surface area contributed by atoms with E-state index in [-0.39, 0.29) is 11.8 Å². The molecule has 0 spiro atoms. The Kier molecular flexibility index (Phi) is 6.06. The van der Waals surface area contributed by atoms with Crippen molar-refractivity contribution < 1.29 is 9.59 Å². The summed E-state index contributed by atoms with van der Waals surface area (Å²) in [6, 6.07) is 8.41. The molecule has 0 radical (unpaired) electrons. The van der Waals surface area contributed by atoms with Gasteiger partial charge in [0.15, 0.2) is 0 Å². The van der Waals surface area contributed by atoms with Crippen molar-refractivity contribution in [2.45, 2.75) is 70.1 Å². The van der Waals surface area contributed by atoms with Crippen molar-refractivity contribution >= 4 is 11.8 Å². The SMILES string of the molecule is C=C1CCC(N2Cc3cc(C[C@H]4CCCC[C@@H]4NCc4ccnn4C)ccc3C2=O)C(=O)N1. The van der Waals surface area contributed by atoms with Gasteiger partial charge in [0.25, 0.3) is 5.91 Å². The lowest BCUT2D eigenvalue weighted by Gasteiger charge is -2.32. The molecule has 1 aliphatic carbocycles. The van der Waals surface area contributed by atoms with E-state index in [1.54, 1.807) is 4.90 Å². The van der Waals surface area contributed by atoms with Crippen molar-refractivity contribution in [3.8, 4) is 0 Å². The summed E-state index contributed by atoms with van der Waals surface area (Å²) in [7, 11) is 1.98. The van der Waals surface area contributed by atoms with Crippen molar-refractivity contribution in [1.29, 1.82) is 0 Å².